The molecule has 0 bridgehead atoms. The van der Waals surface area contributed by atoms with Crippen molar-refractivity contribution in [1.82, 2.24) is 19.5 Å². The van der Waals surface area contributed by atoms with E-state index in [2.05, 4.69) is 162 Å². The molecule has 3 heterocycles. The van der Waals surface area contributed by atoms with Crippen molar-refractivity contribution in [3.05, 3.63) is 218 Å². The van der Waals surface area contributed by atoms with E-state index in [-0.39, 0.29) is 0 Å². The van der Waals surface area contributed by atoms with Gasteiger partial charge in [-0.15, -0.1) is 0 Å². The Morgan fingerprint density at radius 2 is 0.839 bits per heavy atom. The fraction of sp³-hybridized carbons (Fsp3) is 0. The Morgan fingerprint density at radius 3 is 1.53 bits per heavy atom. The van der Waals surface area contributed by atoms with Crippen LogP contribution in [0.15, 0.2) is 223 Å². The minimum Gasteiger partial charge on any atom is -0.454 e. The van der Waals surface area contributed by atoms with Crippen LogP contribution in [0.5, 0.6) is 0 Å². The van der Waals surface area contributed by atoms with Gasteiger partial charge in [0.25, 0.3) is 0 Å². The van der Waals surface area contributed by atoms with Gasteiger partial charge >= 0.3 is 0 Å². The van der Waals surface area contributed by atoms with Crippen molar-refractivity contribution in [2.75, 3.05) is 0 Å². The van der Waals surface area contributed by atoms with E-state index < -0.39 is 0 Å². The highest BCUT2D eigenvalue weighted by molar-refractivity contribution is 6.21. The number of nitrogens with zero attached hydrogens (tertiary/aromatic N) is 4. The summed E-state index contributed by atoms with van der Waals surface area (Å²) in [5, 5.41) is 4.44. The maximum atomic E-state index is 6.87. The van der Waals surface area contributed by atoms with Gasteiger partial charge in [0.2, 0.25) is 0 Å². The smallest absolute Gasteiger partial charge is 0.164 e. The number of benzene rings is 9. The van der Waals surface area contributed by atoms with Gasteiger partial charge in [-0.2, -0.15) is 0 Å². The lowest BCUT2D eigenvalue weighted by Crippen LogP contribution is -2.01. The van der Waals surface area contributed by atoms with Gasteiger partial charge in [-0.25, -0.2) is 15.0 Å². The first-order valence-electron chi connectivity index (χ1n) is 20.9. The quantitative estimate of drug-likeness (QED) is 0.161. The molecule has 0 saturated heterocycles. The van der Waals surface area contributed by atoms with Crippen LogP contribution < -0.4 is 0 Å². The Hall–Kier alpha value is -8.41. The van der Waals surface area contributed by atoms with Gasteiger partial charge in [-0.1, -0.05) is 176 Å². The van der Waals surface area contributed by atoms with Crippen LogP contribution in [0.2, 0.25) is 0 Å². The van der Waals surface area contributed by atoms with Gasteiger partial charge in [0.15, 0.2) is 23.1 Å². The van der Waals surface area contributed by atoms with Crippen LogP contribution in [0.1, 0.15) is 0 Å². The molecule has 12 rings (SSSR count). The van der Waals surface area contributed by atoms with Crippen LogP contribution in [0, 0.1) is 0 Å². The molecular formula is C57H36N4O. The van der Waals surface area contributed by atoms with Crippen molar-refractivity contribution in [3.8, 4) is 73.2 Å². The average molecular weight is 793 g/mol. The first kappa shape index (κ1) is 35.5. The minimum atomic E-state index is 0.595. The van der Waals surface area contributed by atoms with E-state index in [1.807, 2.05) is 60.7 Å². The molecule has 5 heteroatoms. The maximum absolute atomic E-state index is 6.87. The lowest BCUT2D eigenvalue weighted by molar-refractivity contribution is 0.671. The normalized spacial score (nSPS) is 11.5. The zero-order chi connectivity index (χ0) is 41.0. The SMILES string of the molecule is c1ccc(-c2nc(-c3ccccc3)nc(-c3cc(-c4ccccc4-c4ccccc4)ccc3-c3ccc4oc5c(ccc6c7ccccc7n(-c7ccccc7)c65)c4c3)n2)cc1. The van der Waals surface area contributed by atoms with Crippen molar-refractivity contribution in [1.29, 1.82) is 0 Å². The molecule has 0 saturated carbocycles. The lowest BCUT2D eigenvalue weighted by Gasteiger charge is -2.16. The molecule has 0 aliphatic rings. The second kappa shape index (κ2) is 14.7. The number of furan rings is 1. The molecule has 9 aromatic carbocycles. The molecule has 12 aromatic rings. The van der Waals surface area contributed by atoms with Crippen LogP contribution in [0.4, 0.5) is 0 Å². The van der Waals surface area contributed by atoms with Crippen LogP contribution >= 0.6 is 0 Å². The highest BCUT2D eigenvalue weighted by Crippen LogP contribution is 2.43. The van der Waals surface area contributed by atoms with E-state index >= 15 is 0 Å². The molecule has 0 N–H and O–H groups in total. The third kappa shape index (κ3) is 5.98. The van der Waals surface area contributed by atoms with Crippen molar-refractivity contribution < 1.29 is 4.42 Å². The number of para-hydroxylation sites is 2. The van der Waals surface area contributed by atoms with Crippen molar-refractivity contribution in [2.24, 2.45) is 0 Å². The van der Waals surface area contributed by atoms with Crippen molar-refractivity contribution in [2.45, 2.75) is 0 Å². The molecule has 0 spiro atoms. The molecular weight excluding hydrogens is 757 g/mol. The summed E-state index contributed by atoms with van der Waals surface area (Å²) in [5.41, 5.74) is 14.3. The third-order valence-corrected chi connectivity index (χ3v) is 11.9. The predicted molar refractivity (Wildman–Crippen MR) is 254 cm³/mol. The van der Waals surface area contributed by atoms with Crippen molar-refractivity contribution >= 4 is 43.7 Å². The number of fused-ring (bicyclic) bond motifs is 7. The first-order valence-corrected chi connectivity index (χ1v) is 20.9. The summed E-state index contributed by atoms with van der Waals surface area (Å²) in [5.74, 6) is 1.83. The van der Waals surface area contributed by atoms with Gasteiger partial charge < -0.3 is 8.98 Å². The summed E-state index contributed by atoms with van der Waals surface area (Å²) >= 11 is 0. The molecule has 0 aliphatic heterocycles. The summed E-state index contributed by atoms with van der Waals surface area (Å²) in [6, 6.07) is 76.2. The largest absolute Gasteiger partial charge is 0.454 e. The summed E-state index contributed by atoms with van der Waals surface area (Å²) in [7, 11) is 0. The van der Waals surface area contributed by atoms with E-state index in [0.29, 0.717) is 17.5 Å². The van der Waals surface area contributed by atoms with Crippen molar-refractivity contribution in [3.63, 3.8) is 0 Å². The molecule has 0 radical (unpaired) electrons. The molecule has 0 amide bonds. The molecule has 0 unspecified atom stereocenters. The highest BCUT2D eigenvalue weighted by Gasteiger charge is 2.22. The standard InChI is InChI=1S/C57H36N4O/c1-5-17-37(18-6-1)43-25-13-14-26-44(43)40-29-31-45(50(36-40)57-59-55(38-19-7-2-8-20-38)58-56(60-57)39-21-9-3-10-22-39)41-30-34-52-49(35-41)48-33-32-47-46-27-15-16-28-51(46)61(53(47)54(48)62-52)42-23-11-4-12-24-42/h1-36H. The number of hydrogen-bond acceptors (Lipinski definition) is 4. The molecule has 290 valence electrons. The second-order valence-electron chi connectivity index (χ2n) is 15.5. The van der Waals surface area contributed by atoms with E-state index in [0.717, 1.165) is 94.1 Å². The van der Waals surface area contributed by atoms with E-state index in [1.165, 1.54) is 5.39 Å². The Labute approximate surface area is 357 Å². The molecule has 62 heavy (non-hydrogen) atoms. The van der Waals surface area contributed by atoms with E-state index in [4.69, 9.17) is 19.4 Å². The maximum Gasteiger partial charge on any atom is 0.164 e. The zero-order valence-electron chi connectivity index (χ0n) is 33.5. The average Bonchev–Trinajstić information content (AvgIpc) is 3.90. The monoisotopic (exact) mass is 792 g/mol. The van der Waals surface area contributed by atoms with E-state index in [9.17, 15) is 0 Å². The van der Waals surface area contributed by atoms with Gasteiger partial charge in [-0.05, 0) is 75.8 Å². The van der Waals surface area contributed by atoms with Crippen LogP contribution in [-0.4, -0.2) is 19.5 Å². The van der Waals surface area contributed by atoms with Gasteiger partial charge in [0.1, 0.15) is 5.58 Å². The third-order valence-electron chi connectivity index (χ3n) is 11.9. The Morgan fingerprint density at radius 1 is 0.323 bits per heavy atom. The van der Waals surface area contributed by atoms with Gasteiger partial charge in [-0.3, -0.25) is 0 Å². The highest BCUT2D eigenvalue weighted by atomic mass is 16.3. The van der Waals surface area contributed by atoms with Gasteiger partial charge in [0, 0.05) is 43.9 Å². The summed E-state index contributed by atoms with van der Waals surface area (Å²) in [6.07, 6.45) is 0. The number of hydrogen-bond donors (Lipinski definition) is 0. The summed E-state index contributed by atoms with van der Waals surface area (Å²) in [4.78, 5) is 15.5. The number of aromatic nitrogens is 4. The number of rotatable bonds is 7. The zero-order valence-corrected chi connectivity index (χ0v) is 33.5. The van der Waals surface area contributed by atoms with Gasteiger partial charge in [0.05, 0.1) is 11.0 Å². The summed E-state index contributed by atoms with van der Waals surface area (Å²) < 4.78 is 9.20. The predicted octanol–water partition coefficient (Wildman–Crippen LogP) is 14.9. The van der Waals surface area contributed by atoms with E-state index in [1.54, 1.807) is 0 Å². The van der Waals surface area contributed by atoms with Crippen LogP contribution in [-0.2, 0) is 0 Å². The Bertz CT molecular complexity index is 3560. The Balaban J connectivity index is 1.10. The first-order chi connectivity index (χ1) is 30.7. The lowest BCUT2D eigenvalue weighted by atomic mass is 9.90. The Kier molecular flexibility index (Phi) is 8.42. The molecule has 0 fully saturated rings. The molecule has 0 aliphatic carbocycles. The molecule has 0 atom stereocenters. The van der Waals surface area contributed by atoms with Crippen LogP contribution in [0.25, 0.3) is 117 Å². The summed E-state index contributed by atoms with van der Waals surface area (Å²) in [6.45, 7) is 0. The fourth-order valence-corrected chi connectivity index (χ4v) is 8.98. The topological polar surface area (TPSA) is 56.7 Å². The fourth-order valence-electron chi connectivity index (χ4n) is 8.98. The van der Waals surface area contributed by atoms with Crippen LogP contribution in [0.3, 0.4) is 0 Å². The minimum absolute atomic E-state index is 0.595. The molecule has 5 nitrogen and oxygen atoms in total. The molecule has 3 aromatic heterocycles. The second-order valence-corrected chi connectivity index (χ2v) is 15.5.